The van der Waals surface area contributed by atoms with Gasteiger partial charge in [-0.1, -0.05) is 6.92 Å². The van der Waals surface area contributed by atoms with Crippen molar-refractivity contribution in [2.45, 2.75) is 25.8 Å². The van der Waals surface area contributed by atoms with Gasteiger partial charge in [-0.15, -0.1) is 0 Å². The van der Waals surface area contributed by atoms with Crippen LogP contribution in [0.25, 0.3) is 0 Å². The van der Waals surface area contributed by atoms with Crippen LogP contribution in [0.1, 0.15) is 19.8 Å². The minimum Gasteiger partial charge on any atom is -0.390 e. The largest absolute Gasteiger partial charge is 0.495 e. The van der Waals surface area contributed by atoms with Crippen molar-refractivity contribution in [3.63, 3.8) is 0 Å². The fourth-order valence-corrected chi connectivity index (χ4v) is 2.42. The Kier molecular flexibility index (Phi) is 6.26. The molecule has 0 saturated carbocycles. The lowest BCUT2D eigenvalue weighted by Gasteiger charge is -2.16. The van der Waals surface area contributed by atoms with Gasteiger partial charge in [0, 0.05) is 12.7 Å². The van der Waals surface area contributed by atoms with E-state index < -0.39 is 8.80 Å². The van der Waals surface area contributed by atoms with Gasteiger partial charge in [0.2, 0.25) is 0 Å². The van der Waals surface area contributed by atoms with Gasteiger partial charge >= 0.3 is 8.80 Å². The lowest BCUT2D eigenvalue weighted by Crippen LogP contribution is -2.39. The summed E-state index contributed by atoms with van der Waals surface area (Å²) < 4.78 is 4.90. The van der Waals surface area contributed by atoms with E-state index in [1.54, 1.807) is 0 Å². The molecule has 0 atom stereocenters. The molecule has 2 N–H and O–H groups in total. The predicted molar refractivity (Wildman–Crippen MR) is 49.7 cm³/mol. The summed E-state index contributed by atoms with van der Waals surface area (Å²) in [6.07, 6.45) is 1.52. The molecule has 11 heavy (non-hydrogen) atoms. The van der Waals surface area contributed by atoms with Gasteiger partial charge in [-0.05, 0) is 18.6 Å². The van der Waals surface area contributed by atoms with Crippen molar-refractivity contribution in [3.05, 3.63) is 0 Å². The van der Waals surface area contributed by atoms with Crippen LogP contribution < -0.4 is 0 Å². The maximum absolute atomic E-state index is 9.21. The summed E-state index contributed by atoms with van der Waals surface area (Å²) in [6.45, 7) is 2.37. The van der Waals surface area contributed by atoms with Gasteiger partial charge in [0.1, 0.15) is 0 Å². The van der Waals surface area contributed by atoms with Crippen LogP contribution in [0.4, 0.5) is 0 Å². The number of rotatable bonds is 6. The number of thiol groups is 1. The van der Waals surface area contributed by atoms with E-state index in [1.807, 2.05) is 6.92 Å². The molecule has 0 aliphatic heterocycles. The molecule has 0 aromatic rings. The van der Waals surface area contributed by atoms with E-state index in [0.717, 1.165) is 6.42 Å². The predicted octanol–water partition coefficient (Wildman–Crippen LogP) is 0.656. The van der Waals surface area contributed by atoms with Gasteiger partial charge in [-0.25, -0.2) is 0 Å². The Morgan fingerprint density at radius 3 is 2.55 bits per heavy atom. The van der Waals surface area contributed by atoms with Gasteiger partial charge in [0.25, 0.3) is 0 Å². The Balaban J connectivity index is 3.43. The maximum atomic E-state index is 9.21. The van der Waals surface area contributed by atoms with E-state index in [0.29, 0.717) is 24.8 Å². The first-order valence-electron chi connectivity index (χ1n) is 3.82. The molecule has 0 aromatic carbocycles. The lowest BCUT2D eigenvalue weighted by molar-refractivity contribution is 0.147. The summed E-state index contributed by atoms with van der Waals surface area (Å²) in [4.78, 5) is 18.4. The first-order valence-corrected chi connectivity index (χ1v) is 6.46. The van der Waals surface area contributed by atoms with Gasteiger partial charge in [0.15, 0.2) is 0 Å². The van der Waals surface area contributed by atoms with Crippen LogP contribution in [0.3, 0.4) is 0 Å². The van der Waals surface area contributed by atoms with Crippen molar-refractivity contribution in [3.8, 4) is 0 Å². The van der Waals surface area contributed by atoms with Gasteiger partial charge in [-0.3, -0.25) is 0 Å². The van der Waals surface area contributed by atoms with Crippen LogP contribution in [-0.2, 0) is 4.43 Å². The average molecular weight is 196 g/mol. The van der Waals surface area contributed by atoms with E-state index >= 15 is 0 Å². The monoisotopic (exact) mass is 196 g/mol. The molecule has 0 heterocycles. The highest BCUT2D eigenvalue weighted by Gasteiger charge is 2.30. The molecule has 0 aliphatic carbocycles. The average Bonchev–Trinajstić information content (AvgIpc) is 1.97. The van der Waals surface area contributed by atoms with Crippen LogP contribution in [0.5, 0.6) is 0 Å². The molecule has 0 fully saturated rings. The second-order valence-electron chi connectivity index (χ2n) is 2.42. The van der Waals surface area contributed by atoms with Crippen LogP contribution in [0.2, 0.25) is 6.04 Å². The molecule has 3 nitrogen and oxygen atoms in total. The van der Waals surface area contributed by atoms with Crippen LogP contribution in [0.15, 0.2) is 0 Å². The summed E-state index contributed by atoms with van der Waals surface area (Å²) in [5, 5.41) is 0. The summed E-state index contributed by atoms with van der Waals surface area (Å²) >= 11 is 3.97. The van der Waals surface area contributed by atoms with Crippen molar-refractivity contribution in [1.29, 1.82) is 0 Å². The van der Waals surface area contributed by atoms with Crippen LogP contribution in [-0.4, -0.2) is 30.8 Å². The molecule has 0 spiro atoms. The Hall–Kier alpha value is 0.447. The molecule has 0 aliphatic rings. The van der Waals surface area contributed by atoms with E-state index in [4.69, 9.17) is 4.43 Å². The lowest BCUT2D eigenvalue weighted by atomic mass is 10.5. The molecule has 0 amide bonds. The number of hydrogen-bond acceptors (Lipinski definition) is 4. The third kappa shape index (κ3) is 6.83. The zero-order valence-electron chi connectivity index (χ0n) is 6.79. The molecule has 0 aromatic heterocycles. The fraction of sp³-hybridized carbons (Fsp3) is 1.00. The highest BCUT2D eigenvalue weighted by molar-refractivity contribution is 7.80. The SMILES string of the molecule is CCCO[Si](O)(O)CCCS. The smallest absolute Gasteiger partial charge is 0.390 e. The molecule has 68 valence electrons. The van der Waals surface area contributed by atoms with E-state index in [9.17, 15) is 9.59 Å². The molecule has 0 radical (unpaired) electrons. The number of hydrogen-bond donors (Lipinski definition) is 3. The van der Waals surface area contributed by atoms with Crippen molar-refractivity contribution in [1.82, 2.24) is 0 Å². The Morgan fingerprint density at radius 2 is 2.09 bits per heavy atom. The second kappa shape index (κ2) is 6.02. The minimum absolute atomic E-state index is 0.358. The van der Waals surface area contributed by atoms with Crippen molar-refractivity contribution in [2.75, 3.05) is 12.4 Å². The van der Waals surface area contributed by atoms with Gasteiger partial charge in [0.05, 0.1) is 0 Å². The molecule has 0 unspecified atom stereocenters. The molecule has 0 saturated heterocycles. The normalized spacial score (nSPS) is 12.0. The van der Waals surface area contributed by atoms with E-state index in [-0.39, 0.29) is 0 Å². The maximum Gasteiger partial charge on any atom is 0.495 e. The zero-order valence-corrected chi connectivity index (χ0v) is 8.68. The highest BCUT2D eigenvalue weighted by atomic mass is 32.1. The zero-order chi connectivity index (χ0) is 8.74. The Morgan fingerprint density at radius 1 is 1.45 bits per heavy atom. The molecular weight excluding hydrogens is 180 g/mol. The first-order chi connectivity index (χ1) is 5.12. The first kappa shape index (κ1) is 11.4. The topological polar surface area (TPSA) is 49.7 Å². The van der Waals surface area contributed by atoms with Crippen molar-refractivity contribution < 1.29 is 14.0 Å². The van der Waals surface area contributed by atoms with Gasteiger partial charge in [-0.2, -0.15) is 12.6 Å². The van der Waals surface area contributed by atoms with Crippen LogP contribution in [0, 0.1) is 0 Å². The molecule has 0 rings (SSSR count). The van der Waals surface area contributed by atoms with Gasteiger partial charge < -0.3 is 14.0 Å². The van der Waals surface area contributed by atoms with Crippen molar-refractivity contribution >= 4 is 21.4 Å². The molecular formula is C6H16O3SSi. The molecule has 5 heteroatoms. The third-order valence-corrected chi connectivity index (χ3v) is 3.19. The van der Waals surface area contributed by atoms with E-state index in [1.165, 1.54) is 0 Å². The molecule has 0 bridgehead atoms. The van der Waals surface area contributed by atoms with Crippen molar-refractivity contribution in [2.24, 2.45) is 0 Å². The summed E-state index contributed by atoms with van der Waals surface area (Å²) in [5.41, 5.74) is 0. The third-order valence-electron chi connectivity index (χ3n) is 1.20. The Labute approximate surface area is 74.2 Å². The fourth-order valence-electron chi connectivity index (χ4n) is 0.647. The minimum atomic E-state index is -3.29. The van der Waals surface area contributed by atoms with E-state index in [2.05, 4.69) is 12.6 Å². The summed E-state index contributed by atoms with van der Waals surface area (Å²) in [6, 6.07) is 0.358. The Bertz CT molecular complexity index is 89.8. The summed E-state index contributed by atoms with van der Waals surface area (Å²) in [7, 11) is -3.29. The second-order valence-corrected chi connectivity index (χ2v) is 5.14. The summed E-state index contributed by atoms with van der Waals surface area (Å²) in [5.74, 6) is 0.672. The standard InChI is InChI=1S/C6H16O3SSi/c1-2-4-9-11(7,8)6-3-5-10/h7-8,10H,2-6H2,1H3. The highest BCUT2D eigenvalue weighted by Crippen LogP contribution is 2.07. The van der Waals surface area contributed by atoms with Crippen LogP contribution >= 0.6 is 12.6 Å². The quantitative estimate of drug-likeness (QED) is 0.432.